The van der Waals surface area contributed by atoms with E-state index in [1.54, 1.807) is 0 Å². The third-order valence-electron chi connectivity index (χ3n) is 17.0. The summed E-state index contributed by atoms with van der Waals surface area (Å²) in [5, 5.41) is 7.79. The van der Waals surface area contributed by atoms with Crippen molar-refractivity contribution in [3.8, 4) is 33.4 Å². The molecular formula is C76H72B2S. The van der Waals surface area contributed by atoms with Gasteiger partial charge in [0.15, 0.2) is 0 Å². The van der Waals surface area contributed by atoms with E-state index in [0.29, 0.717) is 0 Å². The van der Waals surface area contributed by atoms with Gasteiger partial charge in [-0.3, -0.25) is 0 Å². The van der Waals surface area contributed by atoms with Crippen molar-refractivity contribution in [2.75, 3.05) is 0 Å². The van der Waals surface area contributed by atoms with Crippen LogP contribution in [0.5, 0.6) is 0 Å². The van der Waals surface area contributed by atoms with Gasteiger partial charge in [0, 0.05) is 15.2 Å². The van der Waals surface area contributed by atoms with E-state index in [9.17, 15) is 0 Å². The molecule has 0 amide bonds. The van der Waals surface area contributed by atoms with E-state index in [4.69, 9.17) is 0 Å². The Bertz CT molecular complexity index is 3950. The van der Waals surface area contributed by atoms with Crippen LogP contribution in [0.4, 0.5) is 0 Å². The second-order valence-corrected chi connectivity index (χ2v) is 27.7. The lowest BCUT2D eigenvalue weighted by atomic mass is 9.36. The Morgan fingerprint density at radius 1 is 0.253 bits per heavy atom. The first-order valence-corrected chi connectivity index (χ1v) is 29.3. The van der Waals surface area contributed by atoms with Gasteiger partial charge in [-0.05, 0) is 128 Å². The van der Waals surface area contributed by atoms with Crippen LogP contribution in [0, 0.1) is 0 Å². The van der Waals surface area contributed by atoms with Crippen LogP contribution in [0.3, 0.4) is 0 Å². The van der Waals surface area contributed by atoms with Gasteiger partial charge in [-0.2, -0.15) is 0 Å². The number of hydrogen-bond donors (Lipinski definition) is 0. The molecule has 79 heavy (non-hydrogen) atoms. The summed E-state index contributed by atoms with van der Waals surface area (Å²) in [6, 6.07) is 84.3. The smallest absolute Gasteiger partial charge is 0.0888 e. The van der Waals surface area contributed by atoms with Crippen LogP contribution < -0.4 is 32.8 Å². The van der Waals surface area contributed by atoms with Crippen LogP contribution in [-0.4, -0.2) is 13.4 Å². The van der Waals surface area contributed by atoms with Gasteiger partial charge in [0.25, 0.3) is 0 Å². The highest BCUT2D eigenvalue weighted by Gasteiger charge is 2.28. The summed E-state index contributed by atoms with van der Waals surface area (Å²) in [5.41, 5.74) is 21.2. The van der Waals surface area contributed by atoms with Gasteiger partial charge >= 0.3 is 0 Å². The molecule has 0 N–H and O–H groups in total. The minimum Gasteiger partial charge on any atom is -0.0888 e. The van der Waals surface area contributed by atoms with Crippen molar-refractivity contribution < 1.29 is 0 Å². The van der Waals surface area contributed by atoms with Gasteiger partial charge in [-0.15, -0.1) is 0 Å². The molecule has 0 aromatic heterocycles. The number of rotatable bonds is 8. The second-order valence-electron chi connectivity index (χ2n) is 26.6. The van der Waals surface area contributed by atoms with E-state index in [1.165, 1.54) is 131 Å². The summed E-state index contributed by atoms with van der Waals surface area (Å²) in [7, 11) is 0. The topological polar surface area (TPSA) is 0 Å². The maximum atomic E-state index is 2.49. The largest absolute Gasteiger partial charge is 0.241 e. The zero-order valence-corrected chi connectivity index (χ0v) is 49.2. The predicted molar refractivity (Wildman–Crippen MR) is 349 cm³/mol. The highest BCUT2D eigenvalue weighted by molar-refractivity contribution is 7.99. The minimum absolute atomic E-state index is 0.0908. The van der Waals surface area contributed by atoms with E-state index < -0.39 is 0 Å². The molecule has 1 aliphatic rings. The van der Waals surface area contributed by atoms with Gasteiger partial charge in [0.1, 0.15) is 0 Å². The van der Waals surface area contributed by atoms with Crippen LogP contribution in [0.2, 0.25) is 0 Å². The summed E-state index contributed by atoms with van der Waals surface area (Å²) in [4.78, 5) is 2.61. The molecule has 3 heteroatoms. The summed E-state index contributed by atoms with van der Waals surface area (Å²) in [6.07, 6.45) is 0. The standard InChI is InChI=1S/C76H72B2S/c1-73(2,3)52-25-37-58(38-26-52)77(59-39-27-53(28-40-59)74(4,5)6)56-33-20-49(21-34-56)51-24-45-64-69-48-67-63-17-14-13-16-62(63)66(47-68(67)65-18-15-19-70(72(65)69)79-71(64)46-51)50-22-35-57(36-23-50)78(60-41-29-54(30-42-60)75(7,8)9)61-43-31-55(32-44-61)76(10,11)12/h13-48H,1-12H3. The minimum atomic E-state index is 0.0908. The molecule has 1 heterocycles. The Balaban J connectivity index is 0.897. The van der Waals surface area contributed by atoms with E-state index in [1.807, 2.05) is 11.8 Å². The molecule has 0 atom stereocenters. The molecule has 0 aliphatic carbocycles. The third-order valence-corrected chi connectivity index (χ3v) is 18.1. The Kier molecular flexibility index (Phi) is 13.1. The van der Waals surface area contributed by atoms with Crippen LogP contribution in [0.15, 0.2) is 228 Å². The van der Waals surface area contributed by atoms with Crippen LogP contribution in [-0.2, 0) is 21.7 Å². The monoisotopic (exact) mass is 1040 g/mol. The molecule has 0 bridgehead atoms. The molecule has 0 spiro atoms. The summed E-state index contributed by atoms with van der Waals surface area (Å²) >= 11 is 1.91. The lowest BCUT2D eigenvalue weighted by molar-refractivity contribution is 0.590. The molecule has 12 rings (SSSR count). The Labute approximate surface area is 475 Å². The van der Waals surface area contributed by atoms with Crippen molar-refractivity contribution in [3.05, 3.63) is 241 Å². The van der Waals surface area contributed by atoms with Gasteiger partial charge < -0.3 is 0 Å². The summed E-state index contributed by atoms with van der Waals surface area (Å²) < 4.78 is 0. The van der Waals surface area contributed by atoms with Crippen molar-refractivity contribution in [1.82, 2.24) is 0 Å². The quantitative estimate of drug-likeness (QED) is 0.108. The molecule has 11 aromatic rings. The van der Waals surface area contributed by atoms with Crippen LogP contribution >= 0.6 is 11.8 Å². The lowest BCUT2D eigenvalue weighted by Gasteiger charge is -2.24. The Morgan fingerprint density at radius 2 is 0.608 bits per heavy atom. The fourth-order valence-corrected chi connectivity index (χ4v) is 13.4. The molecular weight excluding hydrogens is 967 g/mol. The normalized spacial score (nSPS) is 12.8. The zero-order valence-electron chi connectivity index (χ0n) is 48.3. The van der Waals surface area contributed by atoms with Gasteiger partial charge in [-0.1, -0.05) is 322 Å². The highest BCUT2D eigenvalue weighted by Crippen LogP contribution is 2.52. The van der Waals surface area contributed by atoms with Crippen LogP contribution in [0.1, 0.15) is 105 Å². The molecule has 0 fully saturated rings. The molecule has 0 nitrogen and oxygen atoms in total. The van der Waals surface area contributed by atoms with Crippen molar-refractivity contribution >= 4 is 90.3 Å². The molecule has 1 aliphatic heterocycles. The third kappa shape index (κ3) is 9.99. The Morgan fingerprint density at radius 3 is 1.04 bits per heavy atom. The average Bonchev–Trinajstić information content (AvgIpc) is 3.44. The van der Waals surface area contributed by atoms with Gasteiger partial charge in [0.05, 0.1) is 0 Å². The maximum Gasteiger partial charge on any atom is 0.241 e. The number of fused-ring (bicyclic) bond motifs is 6. The number of hydrogen-bond acceptors (Lipinski definition) is 1. The molecule has 0 saturated carbocycles. The summed E-state index contributed by atoms with van der Waals surface area (Å²) in [6.45, 7) is 27.7. The van der Waals surface area contributed by atoms with E-state index in [0.717, 1.165) is 0 Å². The fraction of sp³-hybridized carbons (Fsp3) is 0.211. The average molecular weight is 1040 g/mol. The first-order chi connectivity index (χ1) is 37.7. The maximum absolute atomic E-state index is 2.49. The van der Waals surface area contributed by atoms with E-state index in [2.05, 4.69) is 301 Å². The van der Waals surface area contributed by atoms with Crippen molar-refractivity contribution in [1.29, 1.82) is 0 Å². The van der Waals surface area contributed by atoms with E-state index >= 15 is 0 Å². The van der Waals surface area contributed by atoms with Crippen molar-refractivity contribution in [3.63, 3.8) is 0 Å². The molecule has 0 saturated heterocycles. The van der Waals surface area contributed by atoms with Gasteiger partial charge in [-0.25, -0.2) is 0 Å². The Hall–Kier alpha value is -7.32. The lowest BCUT2D eigenvalue weighted by Crippen LogP contribution is -2.52. The highest BCUT2D eigenvalue weighted by atomic mass is 32.2. The fourth-order valence-electron chi connectivity index (χ4n) is 12.3. The first-order valence-electron chi connectivity index (χ1n) is 28.5. The molecule has 0 unspecified atom stereocenters. The number of benzene rings is 11. The van der Waals surface area contributed by atoms with Crippen molar-refractivity contribution in [2.24, 2.45) is 0 Å². The first kappa shape index (κ1) is 52.4. The van der Waals surface area contributed by atoms with Crippen molar-refractivity contribution in [2.45, 2.75) is 115 Å². The predicted octanol–water partition coefficient (Wildman–Crippen LogP) is 16.8. The zero-order chi connectivity index (χ0) is 55.2. The molecule has 11 aromatic carbocycles. The second kappa shape index (κ2) is 19.8. The molecule has 0 radical (unpaired) electrons. The molecule has 388 valence electrons. The summed E-state index contributed by atoms with van der Waals surface area (Å²) in [5.74, 6) is 0. The SMILES string of the molecule is CC(C)(C)c1ccc(B(c2ccc(-c3ccc4c(c3)Sc3cccc5c3c-4cc3c4ccccc4c(-c4ccc(B(c6ccc(C(C)(C)C)cc6)c6ccc(C(C)(C)C)cc6)cc4)cc53)cc2)c2ccc(C(C)(C)C)cc2)cc1. The van der Waals surface area contributed by atoms with Crippen LogP contribution in [0.25, 0.3) is 65.7 Å². The van der Waals surface area contributed by atoms with E-state index in [-0.39, 0.29) is 35.1 Å². The van der Waals surface area contributed by atoms with Gasteiger partial charge in [0.2, 0.25) is 13.4 Å².